The zero-order valence-electron chi connectivity index (χ0n) is 11.6. The Hall–Kier alpha value is -1.29. The standard InChI is InChI=1S/C15H19F2NO/c1-4-9(2)18-12-8-11(16)13(14(17)10(12)3)15(19)6-5-7-15/h8,19H,4-7H2,1-3H3. The second kappa shape index (κ2) is 5.00. The lowest BCUT2D eigenvalue weighted by molar-refractivity contribution is -0.0447. The van der Waals surface area contributed by atoms with Gasteiger partial charge in [0.15, 0.2) is 0 Å². The number of rotatable bonds is 3. The molecule has 0 aliphatic heterocycles. The molecule has 0 bridgehead atoms. The smallest absolute Gasteiger partial charge is 0.137 e. The van der Waals surface area contributed by atoms with Gasteiger partial charge in [-0.25, -0.2) is 8.78 Å². The molecular weight excluding hydrogens is 248 g/mol. The Labute approximate surface area is 112 Å². The molecule has 2 nitrogen and oxygen atoms in total. The van der Waals surface area contributed by atoms with Gasteiger partial charge in [0.25, 0.3) is 0 Å². The van der Waals surface area contributed by atoms with Crippen molar-refractivity contribution in [2.45, 2.75) is 52.1 Å². The Morgan fingerprint density at radius 1 is 1.42 bits per heavy atom. The van der Waals surface area contributed by atoms with Crippen LogP contribution in [-0.2, 0) is 5.60 Å². The van der Waals surface area contributed by atoms with Crippen LogP contribution in [0.3, 0.4) is 0 Å². The third kappa shape index (κ3) is 2.41. The monoisotopic (exact) mass is 267 g/mol. The van der Waals surface area contributed by atoms with Crippen LogP contribution >= 0.6 is 0 Å². The predicted octanol–water partition coefficient (Wildman–Crippen LogP) is 4.15. The molecule has 19 heavy (non-hydrogen) atoms. The minimum atomic E-state index is -1.33. The van der Waals surface area contributed by atoms with E-state index in [-0.39, 0.29) is 5.56 Å². The zero-order chi connectivity index (χ0) is 14.2. The first-order valence-electron chi connectivity index (χ1n) is 6.64. The number of hydrogen-bond donors (Lipinski definition) is 1. The molecule has 0 unspecified atom stereocenters. The molecule has 0 saturated heterocycles. The quantitative estimate of drug-likeness (QED) is 0.820. The maximum Gasteiger partial charge on any atom is 0.137 e. The summed E-state index contributed by atoms with van der Waals surface area (Å²) >= 11 is 0. The van der Waals surface area contributed by atoms with Gasteiger partial charge in [-0.15, -0.1) is 0 Å². The molecule has 1 aliphatic rings. The van der Waals surface area contributed by atoms with E-state index >= 15 is 0 Å². The fourth-order valence-electron chi connectivity index (χ4n) is 2.29. The summed E-state index contributed by atoms with van der Waals surface area (Å²) in [6.45, 7) is 5.33. The van der Waals surface area contributed by atoms with Gasteiger partial charge in [-0.1, -0.05) is 6.92 Å². The van der Waals surface area contributed by atoms with Crippen LogP contribution in [0.2, 0.25) is 0 Å². The summed E-state index contributed by atoms with van der Waals surface area (Å²) in [4.78, 5) is 4.22. The van der Waals surface area contributed by atoms with Crippen LogP contribution in [-0.4, -0.2) is 10.8 Å². The second-order valence-electron chi connectivity index (χ2n) is 5.28. The largest absolute Gasteiger partial charge is 0.385 e. The van der Waals surface area contributed by atoms with Crippen LogP contribution in [0.4, 0.5) is 14.5 Å². The summed E-state index contributed by atoms with van der Waals surface area (Å²) in [6.07, 6.45) is 2.35. The average Bonchev–Trinajstić information content (AvgIpc) is 2.33. The van der Waals surface area contributed by atoms with Gasteiger partial charge in [-0.2, -0.15) is 0 Å². The lowest BCUT2D eigenvalue weighted by Gasteiger charge is -2.37. The fourth-order valence-corrected chi connectivity index (χ4v) is 2.29. The Bertz CT molecular complexity index is 533. The molecule has 0 atom stereocenters. The highest BCUT2D eigenvalue weighted by Crippen LogP contribution is 2.45. The maximum atomic E-state index is 14.3. The predicted molar refractivity (Wildman–Crippen MR) is 71.9 cm³/mol. The Morgan fingerprint density at radius 3 is 2.53 bits per heavy atom. The highest BCUT2D eigenvalue weighted by Gasteiger charge is 2.41. The van der Waals surface area contributed by atoms with E-state index in [1.807, 2.05) is 13.8 Å². The number of aliphatic imine (C=N–C) groups is 1. The van der Waals surface area contributed by atoms with Gasteiger partial charge in [0, 0.05) is 17.3 Å². The first kappa shape index (κ1) is 14.1. The van der Waals surface area contributed by atoms with Crippen molar-refractivity contribution in [2.24, 2.45) is 4.99 Å². The molecule has 0 aromatic heterocycles. The molecule has 1 aliphatic carbocycles. The van der Waals surface area contributed by atoms with E-state index in [4.69, 9.17) is 0 Å². The molecule has 0 amide bonds. The zero-order valence-corrected chi connectivity index (χ0v) is 11.6. The van der Waals surface area contributed by atoms with E-state index in [1.165, 1.54) is 6.07 Å². The number of aliphatic hydroxyl groups is 1. The Balaban J connectivity index is 2.54. The van der Waals surface area contributed by atoms with E-state index in [0.29, 0.717) is 24.1 Å². The number of benzene rings is 1. The van der Waals surface area contributed by atoms with Gasteiger partial charge in [0.1, 0.15) is 11.6 Å². The van der Waals surface area contributed by atoms with Crippen LogP contribution in [0.25, 0.3) is 0 Å². The molecule has 0 heterocycles. The summed E-state index contributed by atoms with van der Waals surface area (Å²) < 4.78 is 28.4. The summed E-state index contributed by atoms with van der Waals surface area (Å²) in [7, 11) is 0. The van der Waals surface area contributed by atoms with Crippen molar-refractivity contribution in [1.82, 2.24) is 0 Å². The van der Waals surface area contributed by atoms with Crippen LogP contribution in [0.15, 0.2) is 11.1 Å². The molecule has 1 aromatic carbocycles. The topological polar surface area (TPSA) is 32.6 Å². The lowest BCUT2D eigenvalue weighted by Crippen LogP contribution is -2.36. The first-order valence-corrected chi connectivity index (χ1v) is 6.64. The molecule has 0 radical (unpaired) electrons. The summed E-state index contributed by atoms with van der Waals surface area (Å²) in [5.41, 5.74) is -0.104. The van der Waals surface area contributed by atoms with Crippen molar-refractivity contribution in [2.75, 3.05) is 0 Å². The lowest BCUT2D eigenvalue weighted by atomic mass is 9.74. The van der Waals surface area contributed by atoms with E-state index in [2.05, 4.69) is 4.99 Å². The van der Waals surface area contributed by atoms with E-state index in [9.17, 15) is 13.9 Å². The van der Waals surface area contributed by atoms with Crippen molar-refractivity contribution in [3.05, 3.63) is 28.8 Å². The number of hydrogen-bond acceptors (Lipinski definition) is 2. The summed E-state index contributed by atoms with van der Waals surface area (Å²) in [5, 5.41) is 10.2. The molecule has 2 rings (SSSR count). The third-order valence-electron chi connectivity index (χ3n) is 3.90. The minimum Gasteiger partial charge on any atom is -0.385 e. The van der Waals surface area contributed by atoms with E-state index < -0.39 is 17.2 Å². The van der Waals surface area contributed by atoms with Crippen molar-refractivity contribution < 1.29 is 13.9 Å². The molecule has 4 heteroatoms. The number of nitrogens with zero attached hydrogens (tertiary/aromatic N) is 1. The third-order valence-corrected chi connectivity index (χ3v) is 3.90. The SMILES string of the molecule is CCC(C)=Nc1cc(F)c(C2(O)CCC2)c(F)c1C. The fraction of sp³-hybridized carbons (Fsp3) is 0.533. The van der Waals surface area contributed by atoms with Crippen molar-refractivity contribution in [3.8, 4) is 0 Å². The molecule has 104 valence electrons. The summed E-state index contributed by atoms with van der Waals surface area (Å²) in [5.74, 6) is -1.36. The maximum absolute atomic E-state index is 14.3. The molecule has 1 aromatic rings. The van der Waals surface area contributed by atoms with Gasteiger partial charge >= 0.3 is 0 Å². The minimum absolute atomic E-state index is 0.190. The Kier molecular flexibility index (Phi) is 3.72. The van der Waals surface area contributed by atoms with Gasteiger partial charge in [0.05, 0.1) is 16.9 Å². The number of halogens is 2. The normalized spacial score (nSPS) is 18.3. The van der Waals surface area contributed by atoms with Crippen LogP contribution in [0, 0.1) is 18.6 Å². The van der Waals surface area contributed by atoms with Crippen LogP contribution < -0.4 is 0 Å². The molecule has 1 fully saturated rings. The molecular formula is C15H19F2NO. The average molecular weight is 267 g/mol. The van der Waals surface area contributed by atoms with E-state index in [1.54, 1.807) is 6.92 Å². The Morgan fingerprint density at radius 2 is 2.05 bits per heavy atom. The molecule has 1 saturated carbocycles. The second-order valence-corrected chi connectivity index (χ2v) is 5.28. The van der Waals surface area contributed by atoms with Crippen LogP contribution in [0.5, 0.6) is 0 Å². The van der Waals surface area contributed by atoms with Crippen molar-refractivity contribution >= 4 is 11.4 Å². The van der Waals surface area contributed by atoms with Gasteiger partial charge < -0.3 is 5.11 Å². The first-order chi connectivity index (χ1) is 8.89. The highest BCUT2D eigenvalue weighted by atomic mass is 19.1. The molecule has 0 spiro atoms. The van der Waals surface area contributed by atoms with Gasteiger partial charge in [-0.05, 0) is 39.5 Å². The van der Waals surface area contributed by atoms with Crippen molar-refractivity contribution in [3.63, 3.8) is 0 Å². The van der Waals surface area contributed by atoms with Gasteiger partial charge in [0.2, 0.25) is 0 Å². The summed E-state index contributed by atoms with van der Waals surface area (Å²) in [6, 6.07) is 1.23. The molecule has 1 N–H and O–H groups in total. The van der Waals surface area contributed by atoms with E-state index in [0.717, 1.165) is 18.6 Å². The van der Waals surface area contributed by atoms with Crippen LogP contribution in [0.1, 0.15) is 50.7 Å². The van der Waals surface area contributed by atoms with Gasteiger partial charge in [-0.3, -0.25) is 4.99 Å². The highest BCUT2D eigenvalue weighted by molar-refractivity contribution is 5.84. The van der Waals surface area contributed by atoms with Crippen molar-refractivity contribution in [1.29, 1.82) is 0 Å².